The fraction of sp³-hybridized carbons (Fsp3) is 0.556. The Bertz CT molecular complexity index is 577. The molecular weight excluding hydrogens is 306 g/mol. The highest BCUT2D eigenvalue weighted by molar-refractivity contribution is 6.80. The fourth-order valence-electron chi connectivity index (χ4n) is 3.60. The van der Waals surface area contributed by atoms with Crippen LogP contribution < -0.4 is 0 Å². The summed E-state index contributed by atoms with van der Waals surface area (Å²) in [6, 6.07) is 8.31. The second-order valence-corrected chi connectivity index (χ2v) is 13.0. The molecule has 5 heteroatoms. The number of carbonyl (C=O) groups is 2. The molecule has 2 atom stereocenters. The average molecular weight is 334 g/mol. The van der Waals surface area contributed by atoms with Crippen LogP contribution in [0.5, 0.6) is 0 Å². The Kier molecular flexibility index (Phi) is 5.42. The molecule has 0 aliphatic carbocycles. The smallest absolute Gasteiger partial charge is 0.307 e. The number of ketones is 1. The van der Waals surface area contributed by atoms with Crippen LogP contribution in [-0.4, -0.2) is 42.9 Å². The van der Waals surface area contributed by atoms with E-state index < -0.39 is 14.0 Å². The van der Waals surface area contributed by atoms with E-state index in [0.717, 1.165) is 25.1 Å². The molecule has 0 saturated carbocycles. The van der Waals surface area contributed by atoms with Crippen LogP contribution in [0.15, 0.2) is 24.3 Å². The topological polar surface area (TPSA) is 57.6 Å². The molecule has 1 aromatic rings. The molecule has 2 rings (SSSR count). The summed E-state index contributed by atoms with van der Waals surface area (Å²) in [5.74, 6) is -0.675. The predicted octanol–water partition coefficient (Wildman–Crippen LogP) is 3.14. The molecule has 0 amide bonds. The van der Waals surface area contributed by atoms with Gasteiger partial charge in [0.2, 0.25) is 0 Å². The first-order chi connectivity index (χ1) is 10.7. The number of carbonyl (C=O) groups excluding carboxylic acids is 1. The van der Waals surface area contributed by atoms with Crippen LogP contribution in [0.2, 0.25) is 19.6 Å². The van der Waals surface area contributed by atoms with Crippen molar-refractivity contribution in [3.8, 4) is 0 Å². The Morgan fingerprint density at radius 1 is 1.26 bits per heavy atom. The largest absolute Gasteiger partial charge is 0.481 e. The highest BCUT2D eigenvalue weighted by Gasteiger charge is 2.32. The van der Waals surface area contributed by atoms with Crippen molar-refractivity contribution in [2.45, 2.75) is 45.1 Å². The standard InChI is InChI=1S/C18H27NO3Si/c1-13(20)17(23(2,3)4)15-7-5-14(6-8-15)11-19-10-9-16(12-19)18(21)22/h5-8,16-17H,9-12H2,1-4H3,(H,21,22). The molecular formula is C18H27NO3Si. The quantitative estimate of drug-likeness (QED) is 0.813. The Morgan fingerprint density at radius 3 is 2.30 bits per heavy atom. The number of Topliss-reactive ketones (excluding diaryl/α,β-unsaturated/α-hetero) is 1. The van der Waals surface area contributed by atoms with Crippen molar-refractivity contribution in [2.24, 2.45) is 5.92 Å². The van der Waals surface area contributed by atoms with Gasteiger partial charge in [0.25, 0.3) is 0 Å². The van der Waals surface area contributed by atoms with E-state index in [4.69, 9.17) is 5.11 Å². The molecule has 1 saturated heterocycles. The van der Waals surface area contributed by atoms with Crippen LogP contribution in [0.3, 0.4) is 0 Å². The van der Waals surface area contributed by atoms with E-state index in [0.29, 0.717) is 6.54 Å². The van der Waals surface area contributed by atoms with Gasteiger partial charge in [0.1, 0.15) is 5.78 Å². The summed E-state index contributed by atoms with van der Waals surface area (Å²) >= 11 is 0. The normalized spacial score (nSPS) is 20.4. The zero-order valence-corrected chi connectivity index (χ0v) is 15.5. The lowest BCUT2D eigenvalue weighted by molar-refractivity contribution is -0.141. The van der Waals surface area contributed by atoms with Gasteiger partial charge in [0, 0.05) is 18.6 Å². The lowest BCUT2D eigenvalue weighted by atomic mass is 10.1. The van der Waals surface area contributed by atoms with Gasteiger partial charge in [-0.3, -0.25) is 14.5 Å². The Morgan fingerprint density at radius 2 is 1.87 bits per heavy atom. The zero-order valence-electron chi connectivity index (χ0n) is 14.5. The Balaban J connectivity index is 2.05. The third-order valence-electron chi connectivity index (χ3n) is 4.61. The van der Waals surface area contributed by atoms with Crippen molar-refractivity contribution in [2.75, 3.05) is 13.1 Å². The van der Waals surface area contributed by atoms with Crippen molar-refractivity contribution < 1.29 is 14.7 Å². The number of aliphatic carboxylic acids is 1. The molecule has 2 unspecified atom stereocenters. The van der Waals surface area contributed by atoms with Crippen LogP contribution in [-0.2, 0) is 16.1 Å². The summed E-state index contributed by atoms with van der Waals surface area (Å²) in [4.78, 5) is 25.2. The minimum atomic E-state index is -1.59. The number of hydrogen-bond acceptors (Lipinski definition) is 3. The van der Waals surface area contributed by atoms with E-state index in [1.54, 1.807) is 6.92 Å². The number of rotatable bonds is 6. The molecule has 1 aliphatic rings. The van der Waals surface area contributed by atoms with E-state index in [-0.39, 0.29) is 17.2 Å². The first kappa shape index (κ1) is 17.9. The van der Waals surface area contributed by atoms with E-state index in [2.05, 4.69) is 48.8 Å². The first-order valence-electron chi connectivity index (χ1n) is 8.23. The maximum Gasteiger partial charge on any atom is 0.307 e. The number of carboxylic acid groups (broad SMARTS) is 1. The van der Waals surface area contributed by atoms with Crippen LogP contribution in [0, 0.1) is 5.92 Å². The highest BCUT2D eigenvalue weighted by atomic mass is 28.3. The highest BCUT2D eigenvalue weighted by Crippen LogP contribution is 2.28. The lowest BCUT2D eigenvalue weighted by Crippen LogP contribution is -2.35. The van der Waals surface area contributed by atoms with Crippen molar-refractivity contribution in [3.63, 3.8) is 0 Å². The average Bonchev–Trinajstić information content (AvgIpc) is 2.87. The number of nitrogens with zero attached hydrogens (tertiary/aromatic N) is 1. The molecule has 126 valence electrons. The minimum Gasteiger partial charge on any atom is -0.481 e. The summed E-state index contributed by atoms with van der Waals surface area (Å²) < 4.78 is 0. The van der Waals surface area contributed by atoms with E-state index >= 15 is 0 Å². The number of hydrogen-bond donors (Lipinski definition) is 1. The van der Waals surface area contributed by atoms with E-state index in [9.17, 15) is 9.59 Å². The molecule has 1 aliphatic heterocycles. The van der Waals surface area contributed by atoms with Gasteiger partial charge >= 0.3 is 5.97 Å². The predicted molar refractivity (Wildman–Crippen MR) is 94.2 cm³/mol. The fourth-order valence-corrected chi connectivity index (χ4v) is 6.01. The molecule has 1 aromatic carbocycles. The van der Waals surface area contributed by atoms with Crippen molar-refractivity contribution in [3.05, 3.63) is 35.4 Å². The molecule has 4 nitrogen and oxygen atoms in total. The Labute approximate surface area is 139 Å². The summed E-state index contributed by atoms with van der Waals surface area (Å²) in [5.41, 5.74) is 2.34. The lowest BCUT2D eigenvalue weighted by Gasteiger charge is -2.27. The van der Waals surface area contributed by atoms with Gasteiger partial charge in [-0.2, -0.15) is 0 Å². The molecule has 0 spiro atoms. The molecule has 0 aromatic heterocycles. The van der Waals surface area contributed by atoms with Crippen LogP contribution >= 0.6 is 0 Å². The van der Waals surface area contributed by atoms with Gasteiger partial charge in [0.05, 0.1) is 14.0 Å². The maximum absolute atomic E-state index is 12.0. The molecule has 1 N–H and O–H groups in total. The number of likely N-dealkylation sites (tertiary alicyclic amines) is 1. The van der Waals surface area contributed by atoms with Crippen LogP contribution in [0.1, 0.15) is 30.0 Å². The number of benzene rings is 1. The third-order valence-corrected chi connectivity index (χ3v) is 7.09. The molecule has 23 heavy (non-hydrogen) atoms. The summed E-state index contributed by atoms with van der Waals surface area (Å²) in [7, 11) is -1.59. The van der Waals surface area contributed by atoms with Gasteiger partial charge in [-0.15, -0.1) is 0 Å². The second-order valence-electron chi connectivity index (χ2n) is 7.71. The molecule has 1 heterocycles. The third kappa shape index (κ3) is 4.51. The van der Waals surface area contributed by atoms with Gasteiger partial charge in [0.15, 0.2) is 0 Å². The summed E-state index contributed by atoms with van der Waals surface area (Å²) in [5, 5.41) is 9.07. The minimum absolute atomic E-state index is 0.0414. The maximum atomic E-state index is 12.0. The molecule has 0 radical (unpaired) electrons. The van der Waals surface area contributed by atoms with Crippen LogP contribution in [0.25, 0.3) is 0 Å². The van der Waals surface area contributed by atoms with Gasteiger partial charge in [-0.25, -0.2) is 0 Å². The van der Waals surface area contributed by atoms with E-state index in [1.807, 2.05) is 0 Å². The van der Waals surface area contributed by atoms with E-state index in [1.165, 1.54) is 5.56 Å². The second kappa shape index (κ2) is 6.97. The number of carboxylic acids is 1. The van der Waals surface area contributed by atoms with Crippen LogP contribution in [0.4, 0.5) is 0 Å². The van der Waals surface area contributed by atoms with Gasteiger partial charge in [-0.1, -0.05) is 43.9 Å². The van der Waals surface area contributed by atoms with Crippen molar-refractivity contribution >= 4 is 19.8 Å². The first-order valence-corrected chi connectivity index (χ1v) is 11.8. The zero-order chi connectivity index (χ0) is 17.2. The van der Waals surface area contributed by atoms with Gasteiger partial charge in [-0.05, 0) is 31.0 Å². The van der Waals surface area contributed by atoms with Crippen molar-refractivity contribution in [1.29, 1.82) is 0 Å². The SMILES string of the molecule is CC(=O)C(c1ccc(CN2CCC(C(=O)O)C2)cc1)[Si](C)(C)C. The van der Waals surface area contributed by atoms with Crippen molar-refractivity contribution in [1.82, 2.24) is 4.90 Å². The van der Waals surface area contributed by atoms with Gasteiger partial charge < -0.3 is 5.11 Å². The summed E-state index contributed by atoms with van der Waals surface area (Å²) in [6.07, 6.45) is 0.732. The molecule has 0 bridgehead atoms. The summed E-state index contributed by atoms with van der Waals surface area (Å²) in [6.45, 7) is 10.6. The Hall–Kier alpha value is -1.46. The molecule has 1 fully saturated rings. The monoisotopic (exact) mass is 333 g/mol.